The quantitative estimate of drug-likeness (QED) is 0.796. The summed E-state index contributed by atoms with van der Waals surface area (Å²) in [4.78, 5) is 4.35. The van der Waals surface area contributed by atoms with Crippen molar-refractivity contribution < 1.29 is 0 Å². The number of imidazole rings is 1. The first kappa shape index (κ1) is 12.4. The number of fused-ring (bicyclic) bond motifs is 1. The Morgan fingerprint density at radius 3 is 2.70 bits per heavy atom. The third-order valence-corrected chi connectivity index (χ3v) is 5.38. The van der Waals surface area contributed by atoms with Crippen LogP contribution in [0.25, 0.3) is 5.52 Å². The van der Waals surface area contributed by atoms with Gasteiger partial charge >= 0.3 is 0 Å². The zero-order chi connectivity index (χ0) is 13.5. The maximum absolute atomic E-state index is 4.35. The molecule has 0 aromatic carbocycles. The number of rotatable bonds is 3. The van der Waals surface area contributed by atoms with Gasteiger partial charge < -0.3 is 4.40 Å². The lowest BCUT2D eigenvalue weighted by atomic mass is 9.79. The van der Waals surface area contributed by atoms with Crippen LogP contribution in [-0.4, -0.2) is 9.38 Å². The van der Waals surface area contributed by atoms with Gasteiger partial charge in [0.1, 0.15) is 0 Å². The van der Waals surface area contributed by atoms with E-state index in [0.717, 1.165) is 17.8 Å². The summed E-state index contributed by atoms with van der Waals surface area (Å²) < 4.78 is 2.20. The van der Waals surface area contributed by atoms with Crippen LogP contribution < -0.4 is 0 Å². The van der Waals surface area contributed by atoms with E-state index in [2.05, 4.69) is 34.8 Å². The Kier molecular flexibility index (Phi) is 3.05. The molecule has 2 saturated carbocycles. The first-order chi connectivity index (χ1) is 9.81. The van der Waals surface area contributed by atoms with Gasteiger partial charge in [-0.05, 0) is 67.1 Å². The average molecular weight is 268 g/mol. The molecular weight excluding hydrogens is 244 g/mol. The molecule has 2 heterocycles. The van der Waals surface area contributed by atoms with Gasteiger partial charge in [-0.2, -0.15) is 0 Å². The highest BCUT2D eigenvalue weighted by Gasteiger charge is 2.28. The standard InChI is InChI=1S/C18H24N2/c1-13-2-4-14(5-3-13)10-17-16(15-6-7-15)8-9-20-12-19-11-18(17)20/h8-9,11-15H,2-7,10H2,1H3. The van der Waals surface area contributed by atoms with Crippen molar-refractivity contribution in [1.29, 1.82) is 0 Å². The Hall–Kier alpha value is -1.31. The van der Waals surface area contributed by atoms with Crippen molar-refractivity contribution in [1.82, 2.24) is 9.38 Å². The molecule has 106 valence electrons. The van der Waals surface area contributed by atoms with Crippen LogP contribution in [0, 0.1) is 11.8 Å². The highest BCUT2D eigenvalue weighted by atomic mass is 15.0. The number of nitrogens with zero attached hydrogens (tertiary/aromatic N) is 2. The molecule has 0 unspecified atom stereocenters. The van der Waals surface area contributed by atoms with Crippen molar-refractivity contribution in [2.75, 3.05) is 0 Å². The van der Waals surface area contributed by atoms with Gasteiger partial charge in [0.2, 0.25) is 0 Å². The van der Waals surface area contributed by atoms with Crippen LogP contribution >= 0.6 is 0 Å². The lowest BCUT2D eigenvalue weighted by Gasteiger charge is -2.27. The summed E-state index contributed by atoms with van der Waals surface area (Å²) in [5.74, 6) is 2.68. The van der Waals surface area contributed by atoms with Crippen molar-refractivity contribution in [3.63, 3.8) is 0 Å². The molecule has 0 aliphatic heterocycles. The fourth-order valence-electron chi connectivity index (χ4n) is 3.89. The SMILES string of the molecule is CC1CCC(Cc2c(C3CC3)ccn3cncc23)CC1. The topological polar surface area (TPSA) is 17.3 Å². The summed E-state index contributed by atoms with van der Waals surface area (Å²) in [7, 11) is 0. The zero-order valence-corrected chi connectivity index (χ0v) is 12.4. The second-order valence-corrected chi connectivity index (χ2v) is 7.04. The molecule has 2 fully saturated rings. The average Bonchev–Trinajstić information content (AvgIpc) is 3.18. The van der Waals surface area contributed by atoms with Crippen LogP contribution in [0.15, 0.2) is 24.8 Å². The summed E-state index contributed by atoms with van der Waals surface area (Å²) in [6.07, 6.45) is 15.9. The van der Waals surface area contributed by atoms with E-state index in [0.29, 0.717) is 0 Å². The number of aromatic nitrogens is 2. The zero-order valence-electron chi connectivity index (χ0n) is 12.4. The van der Waals surface area contributed by atoms with Gasteiger partial charge in [-0.15, -0.1) is 0 Å². The van der Waals surface area contributed by atoms with Crippen LogP contribution in [0.3, 0.4) is 0 Å². The summed E-state index contributed by atoms with van der Waals surface area (Å²) in [6.45, 7) is 2.41. The summed E-state index contributed by atoms with van der Waals surface area (Å²) in [5.41, 5.74) is 4.58. The monoisotopic (exact) mass is 268 g/mol. The minimum Gasteiger partial charge on any atom is -0.306 e. The largest absolute Gasteiger partial charge is 0.306 e. The van der Waals surface area contributed by atoms with Crippen molar-refractivity contribution in [3.8, 4) is 0 Å². The fraction of sp³-hybridized carbons (Fsp3) is 0.611. The molecule has 2 aliphatic carbocycles. The van der Waals surface area contributed by atoms with E-state index in [-0.39, 0.29) is 0 Å². The van der Waals surface area contributed by atoms with Crippen molar-refractivity contribution in [2.24, 2.45) is 11.8 Å². The van der Waals surface area contributed by atoms with E-state index >= 15 is 0 Å². The van der Waals surface area contributed by atoms with E-state index < -0.39 is 0 Å². The van der Waals surface area contributed by atoms with E-state index in [1.807, 2.05) is 6.33 Å². The van der Waals surface area contributed by atoms with Crippen LogP contribution in [0.1, 0.15) is 62.5 Å². The van der Waals surface area contributed by atoms with Crippen molar-refractivity contribution >= 4 is 5.52 Å². The Morgan fingerprint density at radius 2 is 1.95 bits per heavy atom. The molecule has 0 radical (unpaired) electrons. The van der Waals surface area contributed by atoms with Gasteiger partial charge in [0.25, 0.3) is 0 Å². The molecule has 2 aromatic heterocycles. The number of hydrogen-bond donors (Lipinski definition) is 0. The van der Waals surface area contributed by atoms with E-state index in [1.54, 1.807) is 11.1 Å². The predicted molar refractivity (Wildman–Crippen MR) is 82.0 cm³/mol. The lowest BCUT2D eigenvalue weighted by molar-refractivity contribution is 0.289. The Balaban J connectivity index is 1.66. The second kappa shape index (κ2) is 4.91. The first-order valence-electron chi connectivity index (χ1n) is 8.24. The Labute approximate surface area is 121 Å². The summed E-state index contributed by atoms with van der Waals surface area (Å²) in [6, 6.07) is 2.35. The van der Waals surface area contributed by atoms with Gasteiger partial charge in [0, 0.05) is 6.20 Å². The van der Waals surface area contributed by atoms with Gasteiger partial charge in [0.05, 0.1) is 18.0 Å². The van der Waals surface area contributed by atoms with Gasteiger partial charge in [-0.25, -0.2) is 4.98 Å². The molecule has 0 atom stereocenters. The fourth-order valence-corrected chi connectivity index (χ4v) is 3.89. The van der Waals surface area contributed by atoms with Gasteiger partial charge in [-0.3, -0.25) is 0 Å². The Morgan fingerprint density at radius 1 is 1.15 bits per heavy atom. The smallest absolute Gasteiger partial charge is 0.0992 e. The van der Waals surface area contributed by atoms with Crippen molar-refractivity contribution in [3.05, 3.63) is 35.9 Å². The molecule has 2 aromatic rings. The highest BCUT2D eigenvalue weighted by molar-refractivity contribution is 5.58. The molecule has 0 spiro atoms. The molecule has 0 saturated heterocycles. The number of pyridine rings is 1. The molecule has 0 N–H and O–H groups in total. The van der Waals surface area contributed by atoms with Gasteiger partial charge in [-0.1, -0.05) is 19.8 Å². The lowest BCUT2D eigenvalue weighted by Crippen LogP contribution is -2.15. The second-order valence-electron chi connectivity index (χ2n) is 7.04. The van der Waals surface area contributed by atoms with E-state index in [1.165, 1.54) is 50.5 Å². The molecular formula is C18H24N2. The highest BCUT2D eigenvalue weighted by Crippen LogP contribution is 2.43. The third-order valence-electron chi connectivity index (χ3n) is 5.38. The third kappa shape index (κ3) is 2.25. The van der Waals surface area contributed by atoms with Crippen LogP contribution in [-0.2, 0) is 6.42 Å². The number of hydrogen-bond acceptors (Lipinski definition) is 1. The molecule has 2 heteroatoms. The minimum absolute atomic E-state index is 0.840. The van der Waals surface area contributed by atoms with Crippen LogP contribution in [0.5, 0.6) is 0 Å². The summed E-state index contributed by atoms with van der Waals surface area (Å²) in [5, 5.41) is 0. The van der Waals surface area contributed by atoms with Crippen LogP contribution in [0.4, 0.5) is 0 Å². The maximum Gasteiger partial charge on any atom is 0.0992 e. The van der Waals surface area contributed by atoms with Crippen LogP contribution in [0.2, 0.25) is 0 Å². The molecule has 4 rings (SSSR count). The normalized spacial score (nSPS) is 27.1. The van der Waals surface area contributed by atoms with E-state index in [9.17, 15) is 0 Å². The molecule has 0 bridgehead atoms. The molecule has 2 aliphatic rings. The van der Waals surface area contributed by atoms with E-state index in [4.69, 9.17) is 0 Å². The molecule has 0 amide bonds. The minimum atomic E-state index is 0.840. The van der Waals surface area contributed by atoms with Crippen molar-refractivity contribution in [2.45, 2.75) is 57.8 Å². The molecule has 20 heavy (non-hydrogen) atoms. The predicted octanol–water partition coefficient (Wildman–Crippen LogP) is 4.58. The molecule has 2 nitrogen and oxygen atoms in total. The van der Waals surface area contributed by atoms with Gasteiger partial charge in [0.15, 0.2) is 0 Å². The first-order valence-corrected chi connectivity index (χ1v) is 8.24. The Bertz CT molecular complexity index is 601. The maximum atomic E-state index is 4.35. The summed E-state index contributed by atoms with van der Waals surface area (Å²) >= 11 is 0.